The van der Waals surface area contributed by atoms with Crippen LogP contribution in [0.4, 0.5) is 5.69 Å². The summed E-state index contributed by atoms with van der Waals surface area (Å²) in [6.07, 6.45) is 0. The molecule has 0 atom stereocenters. The Bertz CT molecular complexity index is 1200. The summed E-state index contributed by atoms with van der Waals surface area (Å²) >= 11 is 0. The first-order valence-electron chi connectivity index (χ1n) is 9.23. The molecule has 7 nitrogen and oxygen atoms in total. The Morgan fingerprint density at radius 3 is 2.33 bits per heavy atom. The van der Waals surface area contributed by atoms with E-state index in [0.29, 0.717) is 29.3 Å². The van der Waals surface area contributed by atoms with Crippen LogP contribution in [-0.2, 0) is 6.54 Å². The molecule has 0 fully saturated rings. The maximum Gasteiger partial charge on any atom is 0.254 e. The quantitative estimate of drug-likeness (QED) is 0.485. The fraction of sp³-hybridized carbons (Fsp3) is 0.182. The van der Waals surface area contributed by atoms with Crippen molar-refractivity contribution in [2.75, 3.05) is 19.5 Å². The Morgan fingerprint density at radius 2 is 1.70 bits per heavy atom. The highest BCUT2D eigenvalue weighted by molar-refractivity contribution is 5.85. The first-order chi connectivity index (χ1) is 14.1. The average Bonchev–Trinajstić information content (AvgIpc) is 3.07. The summed E-state index contributed by atoms with van der Waals surface area (Å²) in [6.45, 7) is 2.29. The number of halogens is 1. The van der Waals surface area contributed by atoms with Gasteiger partial charge in [0.15, 0.2) is 0 Å². The van der Waals surface area contributed by atoms with Crippen molar-refractivity contribution in [2.45, 2.75) is 13.5 Å². The zero-order chi connectivity index (χ0) is 20.4. The molecule has 0 aliphatic rings. The zero-order valence-electron chi connectivity index (χ0n) is 16.9. The maximum absolute atomic E-state index is 12.7. The number of methoxy groups -OCH3 is 2. The molecule has 0 unspecified atom stereocenters. The lowest BCUT2D eigenvalue weighted by Gasteiger charge is -2.11. The number of nitrogens with zero attached hydrogens (tertiary/aromatic N) is 2. The third-order valence-electron chi connectivity index (χ3n) is 4.78. The van der Waals surface area contributed by atoms with E-state index in [2.05, 4.69) is 15.4 Å². The minimum atomic E-state index is -0.156. The van der Waals surface area contributed by atoms with Crippen LogP contribution in [-0.4, -0.2) is 29.0 Å². The number of hydrogen-bond donors (Lipinski definition) is 2. The molecule has 8 heteroatoms. The summed E-state index contributed by atoms with van der Waals surface area (Å²) in [7, 11) is 3.20. The second-order valence-corrected chi connectivity index (χ2v) is 6.67. The molecule has 0 aliphatic heterocycles. The van der Waals surface area contributed by atoms with Crippen LogP contribution in [0.5, 0.6) is 11.5 Å². The molecule has 2 N–H and O–H groups in total. The molecule has 2 aromatic carbocycles. The van der Waals surface area contributed by atoms with Crippen molar-refractivity contribution < 1.29 is 9.47 Å². The number of pyridine rings is 1. The van der Waals surface area contributed by atoms with Gasteiger partial charge in [0.2, 0.25) is 0 Å². The normalized spacial score (nSPS) is 10.5. The van der Waals surface area contributed by atoms with E-state index >= 15 is 0 Å². The van der Waals surface area contributed by atoms with Crippen LogP contribution in [0.25, 0.3) is 16.7 Å². The van der Waals surface area contributed by atoms with E-state index in [1.54, 1.807) is 25.0 Å². The van der Waals surface area contributed by atoms with Gasteiger partial charge in [0.1, 0.15) is 17.1 Å². The van der Waals surface area contributed by atoms with Gasteiger partial charge in [-0.3, -0.25) is 4.79 Å². The SMILES string of the molecule is COc1cc(NCc2cc3c(C)nn(-c4ccccc4)c3[nH]c2=O)cc(OC)c1.Cl. The molecule has 0 bridgehead atoms. The molecule has 156 valence electrons. The van der Waals surface area contributed by atoms with E-state index < -0.39 is 0 Å². The van der Waals surface area contributed by atoms with Crippen molar-refractivity contribution in [1.82, 2.24) is 14.8 Å². The monoisotopic (exact) mass is 426 g/mol. The van der Waals surface area contributed by atoms with Crippen LogP contribution in [0.3, 0.4) is 0 Å². The Hall–Kier alpha value is -3.45. The number of hydrogen-bond acceptors (Lipinski definition) is 5. The summed E-state index contributed by atoms with van der Waals surface area (Å²) in [6, 6.07) is 17.1. The Labute approximate surface area is 180 Å². The number of ether oxygens (including phenoxy) is 2. The van der Waals surface area contributed by atoms with Crippen LogP contribution in [0.1, 0.15) is 11.3 Å². The third-order valence-corrected chi connectivity index (χ3v) is 4.78. The molecule has 2 aromatic heterocycles. The molecule has 0 spiro atoms. The highest BCUT2D eigenvalue weighted by atomic mass is 35.5. The van der Waals surface area contributed by atoms with Gasteiger partial charge in [-0.1, -0.05) is 18.2 Å². The first-order valence-corrected chi connectivity index (χ1v) is 9.23. The fourth-order valence-corrected chi connectivity index (χ4v) is 3.25. The van der Waals surface area contributed by atoms with Gasteiger partial charge in [-0.25, -0.2) is 4.68 Å². The lowest BCUT2D eigenvalue weighted by Crippen LogP contribution is -2.16. The van der Waals surface area contributed by atoms with E-state index in [4.69, 9.17) is 9.47 Å². The molecule has 4 aromatic rings. The number of aryl methyl sites for hydroxylation is 1. The van der Waals surface area contributed by atoms with Gasteiger partial charge in [-0.05, 0) is 25.1 Å². The van der Waals surface area contributed by atoms with E-state index in [9.17, 15) is 4.79 Å². The van der Waals surface area contributed by atoms with Gasteiger partial charge in [0.25, 0.3) is 5.56 Å². The van der Waals surface area contributed by atoms with Crippen molar-refractivity contribution in [1.29, 1.82) is 0 Å². The number of rotatable bonds is 6. The van der Waals surface area contributed by atoms with Gasteiger partial charge in [0.05, 0.1) is 25.6 Å². The lowest BCUT2D eigenvalue weighted by atomic mass is 10.2. The van der Waals surface area contributed by atoms with Crippen molar-refractivity contribution in [3.63, 3.8) is 0 Å². The number of para-hydroxylation sites is 1. The molecule has 0 radical (unpaired) electrons. The van der Waals surface area contributed by atoms with Crippen molar-refractivity contribution in [3.05, 3.63) is 76.2 Å². The van der Waals surface area contributed by atoms with Crippen molar-refractivity contribution in [2.24, 2.45) is 0 Å². The van der Waals surface area contributed by atoms with E-state index in [1.165, 1.54) is 0 Å². The second kappa shape index (κ2) is 8.92. The van der Waals surface area contributed by atoms with Crippen LogP contribution >= 0.6 is 12.4 Å². The van der Waals surface area contributed by atoms with Gasteiger partial charge in [-0.15, -0.1) is 12.4 Å². The number of fused-ring (bicyclic) bond motifs is 1. The smallest absolute Gasteiger partial charge is 0.254 e. The van der Waals surface area contributed by atoms with Crippen LogP contribution in [0.2, 0.25) is 0 Å². The summed E-state index contributed by atoms with van der Waals surface area (Å²) in [4.78, 5) is 15.7. The predicted octanol–water partition coefficient (Wildman–Crippen LogP) is 4.07. The van der Waals surface area contributed by atoms with Crippen molar-refractivity contribution in [3.8, 4) is 17.2 Å². The molecule has 30 heavy (non-hydrogen) atoms. The van der Waals surface area contributed by atoms with Crippen LogP contribution in [0.15, 0.2) is 59.4 Å². The number of nitrogens with one attached hydrogen (secondary N) is 2. The second-order valence-electron chi connectivity index (χ2n) is 6.67. The standard InChI is InChI=1S/C22H22N4O3.ClH/c1-14-20-9-15(13-23-16-10-18(28-2)12-19(11-16)29-3)22(27)24-21(20)26(25-14)17-7-5-4-6-8-17;/h4-12,23H,13H2,1-3H3,(H,24,27);1H. The largest absolute Gasteiger partial charge is 0.497 e. The molecule has 2 heterocycles. The van der Waals surface area contributed by atoms with E-state index in [0.717, 1.165) is 22.5 Å². The van der Waals surface area contributed by atoms with Gasteiger partial charge >= 0.3 is 0 Å². The highest BCUT2D eigenvalue weighted by Crippen LogP contribution is 2.26. The molecule has 0 amide bonds. The average molecular weight is 427 g/mol. The predicted molar refractivity (Wildman–Crippen MR) is 121 cm³/mol. The minimum Gasteiger partial charge on any atom is -0.497 e. The Morgan fingerprint density at radius 1 is 1.03 bits per heavy atom. The summed E-state index contributed by atoms with van der Waals surface area (Å²) < 4.78 is 12.3. The van der Waals surface area contributed by atoms with Crippen molar-refractivity contribution >= 4 is 29.1 Å². The number of benzene rings is 2. The number of aromatic amines is 1. The molecule has 0 saturated carbocycles. The summed E-state index contributed by atoms with van der Waals surface area (Å²) in [5.74, 6) is 1.35. The molecule has 0 aliphatic carbocycles. The molecule has 4 rings (SSSR count). The maximum atomic E-state index is 12.7. The molecular weight excluding hydrogens is 404 g/mol. The van der Waals surface area contributed by atoms with Crippen LogP contribution in [0, 0.1) is 6.92 Å². The van der Waals surface area contributed by atoms with Gasteiger partial charge in [-0.2, -0.15) is 5.10 Å². The molecule has 0 saturated heterocycles. The van der Waals surface area contributed by atoms with E-state index in [-0.39, 0.29) is 18.0 Å². The summed E-state index contributed by atoms with van der Waals surface area (Å²) in [5.41, 5.74) is 3.70. The number of H-pyrrole nitrogens is 1. The number of anilines is 1. The first kappa shape index (κ1) is 21.3. The highest BCUT2D eigenvalue weighted by Gasteiger charge is 2.13. The lowest BCUT2D eigenvalue weighted by molar-refractivity contribution is 0.394. The topological polar surface area (TPSA) is 81.2 Å². The fourth-order valence-electron chi connectivity index (χ4n) is 3.25. The molecular formula is C22H23ClN4O3. The zero-order valence-corrected chi connectivity index (χ0v) is 17.7. The number of aromatic nitrogens is 3. The minimum absolute atomic E-state index is 0. The van der Waals surface area contributed by atoms with Gasteiger partial charge in [0, 0.05) is 41.4 Å². The Kier molecular flexibility index (Phi) is 6.32. The van der Waals surface area contributed by atoms with Crippen LogP contribution < -0.4 is 20.3 Å². The third kappa shape index (κ3) is 4.11. The van der Waals surface area contributed by atoms with Gasteiger partial charge < -0.3 is 19.8 Å². The Balaban J connectivity index is 0.00000256. The summed E-state index contributed by atoms with van der Waals surface area (Å²) in [5, 5.41) is 8.78. The van der Waals surface area contributed by atoms with E-state index in [1.807, 2.05) is 55.5 Å².